The number of Topliss-reactive ketones (excluding diaryl/α,β-unsaturated/α-hetero) is 1. The van der Waals surface area contributed by atoms with Crippen LogP contribution in [0, 0.1) is 6.92 Å². The van der Waals surface area contributed by atoms with E-state index < -0.39 is 0 Å². The average molecular weight is 410 g/mol. The third kappa shape index (κ3) is 5.19. The number of benzene rings is 2. The van der Waals surface area contributed by atoms with E-state index in [1.165, 1.54) is 12.6 Å². The number of hydrogen-bond donors (Lipinski definition) is 1. The van der Waals surface area contributed by atoms with Gasteiger partial charge in [-0.25, -0.2) is 0 Å². The Labute approximate surface area is 178 Å². The van der Waals surface area contributed by atoms with Crippen LogP contribution >= 0.6 is 0 Å². The van der Waals surface area contributed by atoms with Gasteiger partial charge in [0, 0.05) is 48.7 Å². The number of methoxy groups -OCH3 is 1. The molecule has 6 heteroatoms. The highest BCUT2D eigenvalue weighted by atomic mass is 16.5. The summed E-state index contributed by atoms with van der Waals surface area (Å²) in [5, 5.41) is 3.00. The van der Waals surface area contributed by atoms with Crippen molar-refractivity contribution < 1.29 is 14.3 Å². The van der Waals surface area contributed by atoms with E-state index in [0.29, 0.717) is 16.9 Å². The van der Waals surface area contributed by atoms with Crippen molar-refractivity contribution >= 4 is 23.1 Å². The fraction of sp³-hybridized carbons (Fsp3) is 0.417. The number of aryl methyl sites for hydroxylation is 1. The van der Waals surface area contributed by atoms with Gasteiger partial charge in [0.15, 0.2) is 5.78 Å². The highest BCUT2D eigenvalue weighted by Gasteiger charge is 2.17. The maximum atomic E-state index is 12.7. The first-order chi connectivity index (χ1) is 14.4. The number of hydrogen-bond acceptors (Lipinski definition) is 5. The molecule has 1 heterocycles. The van der Waals surface area contributed by atoms with Crippen LogP contribution in [-0.2, 0) is 11.2 Å². The van der Waals surface area contributed by atoms with Gasteiger partial charge in [0.1, 0.15) is 5.75 Å². The van der Waals surface area contributed by atoms with Gasteiger partial charge in [0.25, 0.3) is 0 Å². The summed E-state index contributed by atoms with van der Waals surface area (Å²) in [6.45, 7) is 11.0. The average Bonchev–Trinajstić information content (AvgIpc) is 2.75. The summed E-state index contributed by atoms with van der Waals surface area (Å²) in [6.07, 6.45) is 0.143. The summed E-state index contributed by atoms with van der Waals surface area (Å²) < 4.78 is 5.35. The SMILES string of the molecule is CCN1CCN(c2ccc(NC(=O)Cc3cc(C(C)=O)ccc3OC)c(C)c2)CC1. The van der Waals surface area contributed by atoms with Gasteiger partial charge in [-0.15, -0.1) is 0 Å². The summed E-state index contributed by atoms with van der Waals surface area (Å²) in [5.74, 6) is 0.431. The highest BCUT2D eigenvalue weighted by Crippen LogP contribution is 2.25. The monoisotopic (exact) mass is 409 g/mol. The van der Waals surface area contributed by atoms with Crippen molar-refractivity contribution in [3.63, 3.8) is 0 Å². The normalized spacial score (nSPS) is 14.5. The molecule has 1 N–H and O–H groups in total. The van der Waals surface area contributed by atoms with Crippen molar-refractivity contribution in [3.05, 3.63) is 53.1 Å². The van der Waals surface area contributed by atoms with Crippen molar-refractivity contribution in [2.45, 2.75) is 27.2 Å². The largest absolute Gasteiger partial charge is 0.496 e. The van der Waals surface area contributed by atoms with Gasteiger partial charge < -0.3 is 19.9 Å². The van der Waals surface area contributed by atoms with E-state index in [9.17, 15) is 9.59 Å². The van der Waals surface area contributed by atoms with Crippen LogP contribution in [0.1, 0.15) is 35.3 Å². The van der Waals surface area contributed by atoms with Crippen LogP contribution < -0.4 is 15.0 Å². The van der Waals surface area contributed by atoms with Crippen molar-refractivity contribution in [2.75, 3.05) is 50.1 Å². The van der Waals surface area contributed by atoms with E-state index in [4.69, 9.17) is 4.74 Å². The number of carbonyl (C=O) groups excluding carboxylic acids is 2. The predicted octanol–water partition coefficient (Wildman–Crippen LogP) is 3.53. The molecule has 160 valence electrons. The lowest BCUT2D eigenvalue weighted by molar-refractivity contribution is -0.115. The van der Waals surface area contributed by atoms with Crippen molar-refractivity contribution in [1.82, 2.24) is 4.90 Å². The maximum absolute atomic E-state index is 12.7. The van der Waals surface area contributed by atoms with Crippen LogP contribution in [0.3, 0.4) is 0 Å². The minimum absolute atomic E-state index is 0.0366. The number of rotatable bonds is 7. The number of anilines is 2. The van der Waals surface area contributed by atoms with E-state index in [1.54, 1.807) is 25.3 Å². The highest BCUT2D eigenvalue weighted by molar-refractivity contribution is 5.96. The Morgan fingerprint density at radius 1 is 1.07 bits per heavy atom. The van der Waals surface area contributed by atoms with Crippen LogP contribution in [0.4, 0.5) is 11.4 Å². The van der Waals surface area contributed by atoms with Gasteiger partial charge in [-0.3, -0.25) is 9.59 Å². The Kier molecular flexibility index (Phi) is 7.11. The fourth-order valence-corrected chi connectivity index (χ4v) is 3.81. The zero-order chi connectivity index (χ0) is 21.7. The number of nitrogens with zero attached hydrogens (tertiary/aromatic N) is 2. The first-order valence-electron chi connectivity index (χ1n) is 10.5. The van der Waals surface area contributed by atoms with E-state index in [-0.39, 0.29) is 18.1 Å². The molecule has 0 unspecified atom stereocenters. The molecule has 30 heavy (non-hydrogen) atoms. The molecule has 2 aromatic rings. The fourth-order valence-electron chi connectivity index (χ4n) is 3.81. The molecule has 1 saturated heterocycles. The van der Waals surface area contributed by atoms with Gasteiger partial charge in [-0.05, 0) is 62.4 Å². The lowest BCUT2D eigenvalue weighted by Gasteiger charge is -2.35. The molecule has 0 aromatic heterocycles. The van der Waals surface area contributed by atoms with Crippen LogP contribution in [0.2, 0.25) is 0 Å². The van der Waals surface area contributed by atoms with Crippen molar-refractivity contribution in [1.29, 1.82) is 0 Å². The summed E-state index contributed by atoms with van der Waals surface area (Å²) in [6, 6.07) is 11.4. The van der Waals surface area contributed by atoms with Gasteiger partial charge in [-0.2, -0.15) is 0 Å². The third-order valence-electron chi connectivity index (χ3n) is 5.71. The molecular formula is C24H31N3O3. The molecule has 3 rings (SSSR count). The summed E-state index contributed by atoms with van der Waals surface area (Å²) in [4.78, 5) is 29.2. The predicted molar refractivity (Wildman–Crippen MR) is 121 cm³/mol. The zero-order valence-corrected chi connectivity index (χ0v) is 18.3. The standard InChI is InChI=1S/C24H31N3O3/c1-5-26-10-12-27(13-11-26)21-7-8-22(17(2)14-21)25-24(29)16-20-15-19(18(3)28)6-9-23(20)30-4/h6-9,14-15H,5,10-13,16H2,1-4H3,(H,25,29). The number of carbonyl (C=O) groups is 2. The summed E-state index contributed by atoms with van der Waals surface area (Å²) in [5.41, 5.74) is 4.30. The quantitative estimate of drug-likeness (QED) is 0.709. The van der Waals surface area contributed by atoms with Crippen molar-refractivity contribution in [3.8, 4) is 5.75 Å². The first kappa shape index (κ1) is 21.8. The first-order valence-corrected chi connectivity index (χ1v) is 10.5. The topological polar surface area (TPSA) is 61.9 Å². The van der Waals surface area contributed by atoms with E-state index >= 15 is 0 Å². The molecule has 1 fully saturated rings. The smallest absolute Gasteiger partial charge is 0.228 e. The Morgan fingerprint density at radius 3 is 2.40 bits per heavy atom. The molecule has 1 aliphatic heterocycles. The number of ketones is 1. The maximum Gasteiger partial charge on any atom is 0.228 e. The molecule has 0 atom stereocenters. The minimum Gasteiger partial charge on any atom is -0.496 e. The van der Waals surface area contributed by atoms with Crippen LogP contribution in [0.25, 0.3) is 0 Å². The lowest BCUT2D eigenvalue weighted by atomic mass is 10.0. The number of likely N-dealkylation sites (N-methyl/N-ethyl adjacent to an activating group) is 1. The van der Waals surface area contributed by atoms with Gasteiger partial charge in [0.2, 0.25) is 5.91 Å². The zero-order valence-electron chi connectivity index (χ0n) is 18.3. The molecule has 0 spiro atoms. The van der Waals surface area contributed by atoms with Crippen LogP contribution in [-0.4, -0.2) is 56.4 Å². The van der Waals surface area contributed by atoms with E-state index in [1.807, 2.05) is 13.0 Å². The molecule has 2 aromatic carbocycles. The number of ether oxygens (including phenoxy) is 1. The molecular weight excluding hydrogens is 378 g/mol. The molecule has 0 radical (unpaired) electrons. The third-order valence-corrected chi connectivity index (χ3v) is 5.71. The molecule has 1 aliphatic rings. The molecule has 0 aliphatic carbocycles. The Hall–Kier alpha value is -2.86. The Balaban J connectivity index is 1.67. The second kappa shape index (κ2) is 9.76. The second-order valence-corrected chi connectivity index (χ2v) is 7.73. The van der Waals surface area contributed by atoms with E-state index in [0.717, 1.165) is 44.0 Å². The molecule has 6 nitrogen and oxygen atoms in total. The Bertz CT molecular complexity index is 918. The molecule has 0 saturated carbocycles. The van der Waals surface area contributed by atoms with Gasteiger partial charge in [0.05, 0.1) is 13.5 Å². The minimum atomic E-state index is -0.138. The van der Waals surface area contributed by atoms with Crippen molar-refractivity contribution in [2.24, 2.45) is 0 Å². The number of amides is 1. The lowest BCUT2D eigenvalue weighted by Crippen LogP contribution is -2.46. The Morgan fingerprint density at radius 2 is 1.80 bits per heavy atom. The number of piperazine rings is 1. The van der Waals surface area contributed by atoms with Gasteiger partial charge in [-0.1, -0.05) is 6.92 Å². The summed E-state index contributed by atoms with van der Waals surface area (Å²) in [7, 11) is 1.56. The summed E-state index contributed by atoms with van der Waals surface area (Å²) >= 11 is 0. The molecule has 1 amide bonds. The van der Waals surface area contributed by atoms with Crippen LogP contribution in [0.15, 0.2) is 36.4 Å². The van der Waals surface area contributed by atoms with Gasteiger partial charge >= 0.3 is 0 Å². The molecule has 0 bridgehead atoms. The van der Waals surface area contributed by atoms with Crippen LogP contribution in [0.5, 0.6) is 5.75 Å². The van der Waals surface area contributed by atoms with E-state index in [2.05, 4.69) is 34.2 Å². The number of nitrogens with one attached hydrogen (secondary N) is 1. The second-order valence-electron chi connectivity index (χ2n) is 7.73.